The maximum atomic E-state index is 10.8. The third-order valence-corrected chi connectivity index (χ3v) is 2.18. The van der Waals surface area contributed by atoms with E-state index in [-0.39, 0.29) is 11.2 Å². The van der Waals surface area contributed by atoms with Gasteiger partial charge in [0.05, 0.1) is 5.69 Å². The summed E-state index contributed by atoms with van der Waals surface area (Å²) in [6, 6.07) is 0. The lowest BCUT2D eigenvalue weighted by Crippen LogP contribution is -2.15. The molecule has 0 saturated heterocycles. The SMILES string of the molecule is CC(=O)CCCc1cn(CC(C)(C)C)nn1. The number of carbonyl (C=O) groups excluding carboxylic acids is 1. The summed E-state index contributed by atoms with van der Waals surface area (Å²) in [6.45, 7) is 9.00. The predicted octanol–water partition coefficient (Wildman–Crippen LogP) is 2.24. The number of nitrogens with zero attached hydrogens (tertiary/aromatic N) is 3. The first-order valence-electron chi connectivity index (χ1n) is 5.75. The minimum Gasteiger partial charge on any atom is -0.300 e. The van der Waals surface area contributed by atoms with Crippen LogP contribution >= 0.6 is 0 Å². The van der Waals surface area contributed by atoms with Gasteiger partial charge in [0.15, 0.2) is 0 Å². The van der Waals surface area contributed by atoms with Crippen LogP contribution in [-0.2, 0) is 17.8 Å². The van der Waals surface area contributed by atoms with Crippen LogP contribution in [0.5, 0.6) is 0 Å². The van der Waals surface area contributed by atoms with E-state index >= 15 is 0 Å². The third kappa shape index (κ3) is 5.05. The highest BCUT2D eigenvalue weighted by molar-refractivity contribution is 5.75. The van der Waals surface area contributed by atoms with Gasteiger partial charge in [-0.05, 0) is 25.2 Å². The molecule has 4 nitrogen and oxygen atoms in total. The fraction of sp³-hybridized carbons (Fsp3) is 0.750. The molecule has 0 aliphatic carbocycles. The van der Waals surface area contributed by atoms with Crippen LogP contribution in [0.25, 0.3) is 0 Å². The summed E-state index contributed by atoms with van der Waals surface area (Å²) >= 11 is 0. The third-order valence-electron chi connectivity index (χ3n) is 2.18. The molecule has 0 bridgehead atoms. The number of hydrogen-bond donors (Lipinski definition) is 0. The van der Waals surface area contributed by atoms with Gasteiger partial charge in [0.25, 0.3) is 0 Å². The average molecular weight is 223 g/mol. The number of Topliss-reactive ketones (excluding diaryl/α,β-unsaturated/α-hetero) is 1. The van der Waals surface area contributed by atoms with E-state index in [4.69, 9.17) is 0 Å². The molecule has 1 heterocycles. The topological polar surface area (TPSA) is 47.8 Å². The standard InChI is InChI=1S/C12H21N3O/c1-10(16)6-5-7-11-8-15(14-13-11)9-12(2,3)4/h8H,5-7,9H2,1-4H3. The summed E-state index contributed by atoms with van der Waals surface area (Å²) < 4.78 is 1.88. The van der Waals surface area contributed by atoms with Crippen molar-refractivity contribution in [3.63, 3.8) is 0 Å². The van der Waals surface area contributed by atoms with Crippen LogP contribution < -0.4 is 0 Å². The Hall–Kier alpha value is -1.19. The molecule has 0 unspecified atom stereocenters. The van der Waals surface area contributed by atoms with Gasteiger partial charge < -0.3 is 4.79 Å². The quantitative estimate of drug-likeness (QED) is 0.769. The minimum atomic E-state index is 0.213. The fourth-order valence-corrected chi connectivity index (χ4v) is 1.53. The Balaban J connectivity index is 2.42. The van der Waals surface area contributed by atoms with Gasteiger partial charge >= 0.3 is 0 Å². The Morgan fingerprint density at radius 2 is 2.12 bits per heavy atom. The molecule has 0 amide bonds. The van der Waals surface area contributed by atoms with Crippen molar-refractivity contribution in [1.29, 1.82) is 0 Å². The second-order valence-electron chi connectivity index (χ2n) is 5.52. The molecule has 0 atom stereocenters. The molecule has 0 spiro atoms. The molecular weight excluding hydrogens is 202 g/mol. The molecule has 1 aromatic heterocycles. The zero-order valence-corrected chi connectivity index (χ0v) is 10.7. The first-order valence-corrected chi connectivity index (χ1v) is 5.75. The molecule has 0 aromatic carbocycles. The van der Waals surface area contributed by atoms with Gasteiger partial charge in [0.1, 0.15) is 5.78 Å². The zero-order chi connectivity index (χ0) is 12.2. The average Bonchev–Trinajstić information content (AvgIpc) is 2.48. The van der Waals surface area contributed by atoms with Crippen LogP contribution in [0.4, 0.5) is 0 Å². The summed E-state index contributed by atoms with van der Waals surface area (Å²) in [4.78, 5) is 10.8. The normalized spacial score (nSPS) is 11.8. The second-order valence-corrected chi connectivity index (χ2v) is 5.52. The molecule has 0 radical (unpaired) electrons. The van der Waals surface area contributed by atoms with E-state index in [1.807, 2.05) is 10.9 Å². The van der Waals surface area contributed by atoms with Crippen LogP contribution in [0.15, 0.2) is 6.20 Å². The fourth-order valence-electron chi connectivity index (χ4n) is 1.53. The van der Waals surface area contributed by atoms with Gasteiger partial charge in [-0.2, -0.15) is 0 Å². The summed E-state index contributed by atoms with van der Waals surface area (Å²) in [5.41, 5.74) is 1.19. The Bertz CT molecular complexity index is 349. The van der Waals surface area contributed by atoms with E-state index in [0.29, 0.717) is 6.42 Å². The maximum Gasteiger partial charge on any atom is 0.129 e. The molecule has 16 heavy (non-hydrogen) atoms. The zero-order valence-electron chi connectivity index (χ0n) is 10.7. The van der Waals surface area contributed by atoms with Gasteiger partial charge in [0.2, 0.25) is 0 Å². The maximum absolute atomic E-state index is 10.8. The second kappa shape index (κ2) is 5.23. The molecule has 0 saturated carbocycles. The van der Waals surface area contributed by atoms with E-state index in [0.717, 1.165) is 25.1 Å². The van der Waals surface area contributed by atoms with Crippen molar-refractivity contribution < 1.29 is 4.79 Å². The smallest absolute Gasteiger partial charge is 0.129 e. The lowest BCUT2D eigenvalue weighted by molar-refractivity contribution is -0.117. The van der Waals surface area contributed by atoms with Gasteiger partial charge in [-0.3, -0.25) is 4.68 Å². The van der Waals surface area contributed by atoms with E-state index in [1.54, 1.807) is 6.92 Å². The number of aryl methyl sites for hydroxylation is 1. The summed E-state index contributed by atoms with van der Waals surface area (Å²) in [5, 5.41) is 8.18. The molecule has 1 aromatic rings. The van der Waals surface area contributed by atoms with E-state index in [1.165, 1.54) is 0 Å². The number of aromatic nitrogens is 3. The van der Waals surface area contributed by atoms with E-state index in [2.05, 4.69) is 31.1 Å². The van der Waals surface area contributed by atoms with Crippen molar-refractivity contribution >= 4 is 5.78 Å². The molecule has 90 valence electrons. The number of hydrogen-bond acceptors (Lipinski definition) is 3. The molecule has 4 heteroatoms. The molecule has 0 aliphatic rings. The van der Waals surface area contributed by atoms with Gasteiger partial charge in [0, 0.05) is 19.2 Å². The highest BCUT2D eigenvalue weighted by Crippen LogP contribution is 2.15. The van der Waals surface area contributed by atoms with Gasteiger partial charge in [-0.1, -0.05) is 26.0 Å². The van der Waals surface area contributed by atoms with Gasteiger partial charge in [-0.25, -0.2) is 0 Å². The first kappa shape index (κ1) is 12.9. The van der Waals surface area contributed by atoms with Crippen molar-refractivity contribution in [2.45, 2.75) is 53.5 Å². The van der Waals surface area contributed by atoms with Crippen LogP contribution in [0, 0.1) is 5.41 Å². The molecule has 0 N–H and O–H groups in total. The predicted molar refractivity (Wildman–Crippen MR) is 63.1 cm³/mol. The summed E-state index contributed by atoms with van der Waals surface area (Å²) in [5.74, 6) is 0.238. The lowest BCUT2D eigenvalue weighted by atomic mass is 9.97. The molecular formula is C12H21N3O. The van der Waals surface area contributed by atoms with E-state index < -0.39 is 0 Å². The van der Waals surface area contributed by atoms with E-state index in [9.17, 15) is 4.79 Å². The number of carbonyl (C=O) groups is 1. The largest absolute Gasteiger partial charge is 0.300 e. The molecule has 0 aliphatic heterocycles. The number of rotatable bonds is 5. The first-order chi connectivity index (χ1) is 7.37. The Morgan fingerprint density at radius 1 is 1.44 bits per heavy atom. The van der Waals surface area contributed by atoms with Crippen molar-refractivity contribution in [2.75, 3.05) is 0 Å². The minimum absolute atomic E-state index is 0.213. The van der Waals surface area contributed by atoms with Crippen molar-refractivity contribution in [2.24, 2.45) is 5.41 Å². The van der Waals surface area contributed by atoms with Crippen LogP contribution in [-0.4, -0.2) is 20.8 Å². The van der Waals surface area contributed by atoms with Crippen LogP contribution in [0.3, 0.4) is 0 Å². The highest BCUT2D eigenvalue weighted by atomic mass is 16.1. The molecule has 1 rings (SSSR count). The Kier molecular flexibility index (Phi) is 4.21. The monoisotopic (exact) mass is 223 g/mol. The number of ketones is 1. The van der Waals surface area contributed by atoms with Crippen molar-refractivity contribution in [3.05, 3.63) is 11.9 Å². The lowest BCUT2D eigenvalue weighted by Gasteiger charge is -2.16. The highest BCUT2D eigenvalue weighted by Gasteiger charge is 2.12. The van der Waals surface area contributed by atoms with Crippen LogP contribution in [0.1, 0.15) is 46.2 Å². The summed E-state index contributed by atoms with van der Waals surface area (Å²) in [7, 11) is 0. The van der Waals surface area contributed by atoms with Gasteiger partial charge in [-0.15, -0.1) is 5.10 Å². The Morgan fingerprint density at radius 3 is 2.69 bits per heavy atom. The molecule has 0 fully saturated rings. The van der Waals surface area contributed by atoms with Crippen LogP contribution in [0.2, 0.25) is 0 Å². The summed E-state index contributed by atoms with van der Waals surface area (Å²) in [6.07, 6.45) is 4.31. The Labute approximate surface area is 97.0 Å². The van der Waals surface area contributed by atoms with Crippen molar-refractivity contribution in [1.82, 2.24) is 15.0 Å². The van der Waals surface area contributed by atoms with Crippen molar-refractivity contribution in [3.8, 4) is 0 Å².